The molecule has 1 N–H and O–H groups in total. The molecule has 2 rings (SSSR count). The molecule has 0 spiro atoms. The van der Waals surface area contributed by atoms with Crippen molar-refractivity contribution >= 4 is 34.1 Å². The number of carboxylic acid groups (broad SMARTS) is 1. The quantitative estimate of drug-likeness (QED) is 0.861. The first-order chi connectivity index (χ1) is 10.0. The highest BCUT2D eigenvalue weighted by molar-refractivity contribution is 7.16. The van der Waals surface area contributed by atoms with Gasteiger partial charge >= 0.3 is 5.97 Å². The Kier molecular flexibility index (Phi) is 4.59. The minimum Gasteiger partial charge on any atom is -0.480 e. The van der Waals surface area contributed by atoms with E-state index >= 15 is 0 Å². The van der Waals surface area contributed by atoms with Gasteiger partial charge in [-0.3, -0.25) is 0 Å². The normalized spacial score (nSPS) is 11.3. The first-order valence-corrected chi connectivity index (χ1v) is 7.07. The zero-order chi connectivity index (χ0) is 15.4. The van der Waals surface area contributed by atoms with Crippen molar-refractivity contribution in [3.05, 3.63) is 40.8 Å². The maximum atomic E-state index is 11.5. The number of anilines is 1. The molecule has 0 radical (unpaired) electrons. The lowest BCUT2D eigenvalue weighted by Gasteiger charge is -2.04. The Morgan fingerprint density at radius 2 is 2.00 bits per heavy atom. The first-order valence-electron chi connectivity index (χ1n) is 6.25. The van der Waals surface area contributed by atoms with Gasteiger partial charge in [0.25, 0.3) is 0 Å². The summed E-state index contributed by atoms with van der Waals surface area (Å²) < 4.78 is 5.23. The Morgan fingerprint density at radius 1 is 1.33 bits per heavy atom. The van der Waals surface area contributed by atoms with E-state index in [1.807, 2.05) is 25.1 Å². The summed E-state index contributed by atoms with van der Waals surface area (Å²) in [6.45, 7) is 0. The number of nitrogens with zero attached hydrogens (tertiary/aromatic N) is 2. The zero-order valence-electron chi connectivity index (χ0n) is 12.0. The highest BCUT2D eigenvalue weighted by Crippen LogP contribution is 2.33. The third-order valence-corrected chi connectivity index (χ3v) is 3.93. The molecule has 110 valence electrons. The number of carbonyl (C=O) groups is 1. The molecule has 0 bridgehead atoms. The molecular weight excluding hydrogens is 288 g/mol. The molecule has 0 fully saturated rings. The Bertz CT molecular complexity index is 663. The number of hydrogen-bond donors (Lipinski definition) is 1. The van der Waals surface area contributed by atoms with Crippen molar-refractivity contribution in [1.29, 1.82) is 0 Å². The summed E-state index contributed by atoms with van der Waals surface area (Å²) in [7, 11) is 5.27. The summed E-state index contributed by atoms with van der Waals surface area (Å²) >= 11 is 1.38. The van der Waals surface area contributed by atoms with Gasteiger partial charge in [0.05, 0.1) is 17.6 Å². The minimum atomic E-state index is -0.983. The molecule has 1 heterocycles. The van der Waals surface area contributed by atoms with E-state index in [1.165, 1.54) is 18.4 Å². The lowest BCUT2D eigenvalue weighted by atomic mass is 10.1. The van der Waals surface area contributed by atoms with Crippen molar-refractivity contribution < 1.29 is 14.6 Å². The summed E-state index contributed by atoms with van der Waals surface area (Å²) in [5.74, 6) is -0.554. The van der Waals surface area contributed by atoms with E-state index in [2.05, 4.69) is 4.98 Å². The Labute approximate surface area is 127 Å². The van der Waals surface area contributed by atoms with E-state index in [0.717, 1.165) is 5.13 Å². The molecule has 0 atom stereocenters. The van der Waals surface area contributed by atoms with Crippen LogP contribution in [0.5, 0.6) is 5.88 Å². The first kappa shape index (κ1) is 15.1. The van der Waals surface area contributed by atoms with Crippen molar-refractivity contribution in [2.24, 2.45) is 0 Å². The summed E-state index contributed by atoms with van der Waals surface area (Å²) in [4.78, 5) is 18.4. The standard InChI is InChI=1S/C15H16N2O3S/c1-17(2)15-16-13(20-3)12(21-15)9-11(14(18)19)10-7-5-4-6-8-10/h4-9H,1-3H3,(H,18,19)/b11-9-. The van der Waals surface area contributed by atoms with Crippen LogP contribution in [0.1, 0.15) is 10.4 Å². The second-order valence-electron chi connectivity index (χ2n) is 4.49. The summed E-state index contributed by atoms with van der Waals surface area (Å²) in [6, 6.07) is 8.99. The SMILES string of the molecule is COc1nc(N(C)C)sc1/C=C(\C(=O)O)c1ccccc1. The molecule has 2 aromatic rings. The Morgan fingerprint density at radius 3 is 2.52 bits per heavy atom. The van der Waals surface area contributed by atoms with Gasteiger partial charge in [0.1, 0.15) is 0 Å². The van der Waals surface area contributed by atoms with Crippen LogP contribution in [0.3, 0.4) is 0 Å². The molecule has 1 aromatic carbocycles. The molecule has 6 heteroatoms. The second-order valence-corrected chi connectivity index (χ2v) is 5.50. The molecule has 0 aliphatic carbocycles. The predicted molar refractivity (Wildman–Crippen MR) is 84.9 cm³/mol. The Hall–Kier alpha value is -2.34. The number of benzene rings is 1. The maximum absolute atomic E-state index is 11.5. The molecule has 0 unspecified atom stereocenters. The number of aliphatic carboxylic acids is 1. The number of methoxy groups -OCH3 is 1. The van der Waals surface area contributed by atoms with Crippen LogP contribution in [-0.2, 0) is 4.79 Å². The van der Waals surface area contributed by atoms with E-state index < -0.39 is 5.97 Å². The number of aromatic nitrogens is 1. The Balaban J connectivity index is 2.51. The van der Waals surface area contributed by atoms with E-state index in [-0.39, 0.29) is 5.57 Å². The van der Waals surface area contributed by atoms with E-state index in [1.54, 1.807) is 30.3 Å². The lowest BCUT2D eigenvalue weighted by molar-refractivity contribution is -0.130. The number of ether oxygens (including phenoxy) is 1. The van der Waals surface area contributed by atoms with Gasteiger partial charge in [-0.2, -0.15) is 4.98 Å². The minimum absolute atomic E-state index is 0.211. The summed E-state index contributed by atoms with van der Waals surface area (Å²) in [5, 5.41) is 10.2. The molecule has 0 aliphatic heterocycles. The molecular formula is C15H16N2O3S. The fourth-order valence-electron chi connectivity index (χ4n) is 1.75. The largest absolute Gasteiger partial charge is 0.480 e. The predicted octanol–water partition coefficient (Wildman–Crippen LogP) is 2.84. The maximum Gasteiger partial charge on any atom is 0.336 e. The number of thiazole rings is 1. The van der Waals surface area contributed by atoms with Crippen molar-refractivity contribution in [2.45, 2.75) is 0 Å². The molecule has 21 heavy (non-hydrogen) atoms. The molecule has 0 aliphatic rings. The van der Waals surface area contributed by atoms with Crippen molar-refractivity contribution in [3.63, 3.8) is 0 Å². The fraction of sp³-hybridized carbons (Fsp3) is 0.200. The summed E-state index contributed by atoms with van der Waals surface area (Å²) in [5.41, 5.74) is 0.856. The van der Waals surface area contributed by atoms with Crippen LogP contribution in [0.4, 0.5) is 5.13 Å². The lowest BCUT2D eigenvalue weighted by Crippen LogP contribution is -2.07. The van der Waals surface area contributed by atoms with Gasteiger partial charge in [-0.05, 0) is 11.6 Å². The topological polar surface area (TPSA) is 62.7 Å². The van der Waals surface area contributed by atoms with Crippen molar-refractivity contribution in [1.82, 2.24) is 4.98 Å². The van der Waals surface area contributed by atoms with Crippen LogP contribution in [0, 0.1) is 0 Å². The van der Waals surface area contributed by atoms with E-state index in [4.69, 9.17) is 4.74 Å². The highest BCUT2D eigenvalue weighted by atomic mass is 32.1. The van der Waals surface area contributed by atoms with Gasteiger partial charge in [0, 0.05) is 14.1 Å². The van der Waals surface area contributed by atoms with E-state index in [0.29, 0.717) is 16.3 Å². The van der Waals surface area contributed by atoms with Gasteiger partial charge in [-0.15, -0.1) is 0 Å². The van der Waals surface area contributed by atoms with Crippen LogP contribution in [0.25, 0.3) is 11.6 Å². The van der Waals surface area contributed by atoms with Crippen LogP contribution < -0.4 is 9.64 Å². The van der Waals surface area contributed by atoms with Crippen LogP contribution in [0.15, 0.2) is 30.3 Å². The monoisotopic (exact) mass is 304 g/mol. The number of rotatable bonds is 5. The number of carboxylic acids is 1. The summed E-state index contributed by atoms with van der Waals surface area (Å²) in [6.07, 6.45) is 1.60. The van der Waals surface area contributed by atoms with Crippen LogP contribution in [0.2, 0.25) is 0 Å². The smallest absolute Gasteiger partial charge is 0.336 e. The third kappa shape index (κ3) is 3.41. The van der Waals surface area contributed by atoms with Gasteiger partial charge < -0.3 is 14.7 Å². The average Bonchev–Trinajstić information content (AvgIpc) is 2.88. The third-order valence-electron chi connectivity index (χ3n) is 2.78. The average molecular weight is 304 g/mol. The van der Waals surface area contributed by atoms with Crippen LogP contribution in [-0.4, -0.2) is 37.3 Å². The fourth-order valence-corrected chi connectivity index (χ4v) is 2.65. The molecule has 5 nitrogen and oxygen atoms in total. The molecule has 1 aromatic heterocycles. The van der Waals surface area contributed by atoms with Gasteiger partial charge in [0.15, 0.2) is 5.13 Å². The molecule has 0 amide bonds. The van der Waals surface area contributed by atoms with Crippen molar-refractivity contribution in [2.75, 3.05) is 26.1 Å². The van der Waals surface area contributed by atoms with Gasteiger partial charge in [0.2, 0.25) is 5.88 Å². The second kappa shape index (κ2) is 6.41. The number of hydrogen-bond acceptors (Lipinski definition) is 5. The van der Waals surface area contributed by atoms with Gasteiger partial charge in [-0.25, -0.2) is 4.79 Å². The van der Waals surface area contributed by atoms with Crippen LogP contribution >= 0.6 is 11.3 Å². The zero-order valence-corrected chi connectivity index (χ0v) is 12.8. The molecule has 0 saturated carbocycles. The highest BCUT2D eigenvalue weighted by Gasteiger charge is 2.16. The molecule has 0 saturated heterocycles. The van der Waals surface area contributed by atoms with Crippen molar-refractivity contribution in [3.8, 4) is 5.88 Å². The van der Waals surface area contributed by atoms with E-state index in [9.17, 15) is 9.90 Å². The van der Waals surface area contributed by atoms with Gasteiger partial charge in [-0.1, -0.05) is 41.7 Å².